The summed E-state index contributed by atoms with van der Waals surface area (Å²) in [4.78, 5) is 33.8. The van der Waals surface area contributed by atoms with E-state index >= 15 is 0 Å². The van der Waals surface area contributed by atoms with Crippen molar-refractivity contribution >= 4 is 23.3 Å². The standard InChI is InChI=1S/C16H18N2O6/c1-23-14-7-6-12(18(21)22)9-13(14)17-15(19)10-24-16(20)8-11-4-2-3-5-11/h2,4,6-7,9,11H,3,5,8,10H2,1H3,(H,17,19)/t11-/m1/s1. The first-order chi connectivity index (χ1) is 11.5. The maximum Gasteiger partial charge on any atom is 0.306 e. The molecule has 1 aromatic rings. The second-order valence-corrected chi connectivity index (χ2v) is 5.32. The fraction of sp³-hybridized carbons (Fsp3) is 0.375. The van der Waals surface area contributed by atoms with Gasteiger partial charge >= 0.3 is 5.97 Å². The monoisotopic (exact) mass is 334 g/mol. The maximum atomic E-state index is 11.9. The van der Waals surface area contributed by atoms with Gasteiger partial charge in [-0.25, -0.2) is 0 Å². The van der Waals surface area contributed by atoms with Crippen LogP contribution in [0.5, 0.6) is 5.75 Å². The van der Waals surface area contributed by atoms with E-state index in [9.17, 15) is 19.7 Å². The molecule has 0 aromatic heterocycles. The van der Waals surface area contributed by atoms with Crippen molar-refractivity contribution in [1.29, 1.82) is 0 Å². The van der Waals surface area contributed by atoms with E-state index in [0.717, 1.165) is 12.8 Å². The van der Waals surface area contributed by atoms with Gasteiger partial charge in [0.15, 0.2) is 6.61 Å². The first kappa shape index (κ1) is 17.5. The number of esters is 1. The lowest BCUT2D eigenvalue weighted by Crippen LogP contribution is -2.22. The minimum atomic E-state index is -0.593. The Balaban J connectivity index is 1.89. The Morgan fingerprint density at radius 2 is 2.21 bits per heavy atom. The van der Waals surface area contributed by atoms with E-state index in [4.69, 9.17) is 9.47 Å². The molecule has 128 valence electrons. The third-order valence-electron chi connectivity index (χ3n) is 3.57. The zero-order valence-electron chi connectivity index (χ0n) is 13.2. The average molecular weight is 334 g/mol. The van der Waals surface area contributed by atoms with Crippen molar-refractivity contribution in [3.8, 4) is 5.75 Å². The van der Waals surface area contributed by atoms with E-state index in [-0.39, 0.29) is 29.5 Å². The predicted octanol–water partition coefficient (Wildman–Crippen LogP) is 2.44. The largest absolute Gasteiger partial charge is 0.495 e. The molecule has 1 aliphatic rings. The number of nitro benzene ring substituents is 1. The van der Waals surface area contributed by atoms with Crippen molar-refractivity contribution in [2.45, 2.75) is 19.3 Å². The zero-order chi connectivity index (χ0) is 17.5. The van der Waals surface area contributed by atoms with Gasteiger partial charge in [0.1, 0.15) is 5.75 Å². The number of nitrogens with one attached hydrogen (secondary N) is 1. The lowest BCUT2D eigenvalue weighted by Gasteiger charge is -2.11. The molecule has 8 nitrogen and oxygen atoms in total. The van der Waals surface area contributed by atoms with E-state index in [1.807, 2.05) is 12.2 Å². The van der Waals surface area contributed by atoms with Crippen molar-refractivity contribution in [1.82, 2.24) is 0 Å². The lowest BCUT2D eigenvalue weighted by molar-refractivity contribution is -0.384. The van der Waals surface area contributed by atoms with Gasteiger partial charge in [-0.05, 0) is 24.8 Å². The Labute approximate surface area is 138 Å². The Kier molecular flexibility index (Phi) is 5.89. The summed E-state index contributed by atoms with van der Waals surface area (Å²) < 4.78 is 9.97. The minimum absolute atomic E-state index is 0.145. The van der Waals surface area contributed by atoms with Gasteiger partial charge in [-0.15, -0.1) is 0 Å². The van der Waals surface area contributed by atoms with Crippen LogP contribution in [-0.2, 0) is 14.3 Å². The summed E-state index contributed by atoms with van der Waals surface area (Å²) in [5.41, 5.74) is -0.0393. The number of nitrogens with zero attached hydrogens (tertiary/aromatic N) is 1. The van der Waals surface area contributed by atoms with Gasteiger partial charge in [-0.1, -0.05) is 12.2 Å². The Morgan fingerprint density at radius 1 is 1.42 bits per heavy atom. The van der Waals surface area contributed by atoms with Crippen LogP contribution < -0.4 is 10.1 Å². The maximum absolute atomic E-state index is 11.9. The summed E-state index contributed by atoms with van der Waals surface area (Å²) in [7, 11) is 1.38. The van der Waals surface area contributed by atoms with Crippen LogP contribution >= 0.6 is 0 Å². The molecule has 8 heteroatoms. The van der Waals surface area contributed by atoms with Gasteiger partial charge in [-0.2, -0.15) is 0 Å². The molecule has 0 radical (unpaired) electrons. The molecule has 0 spiro atoms. The summed E-state index contributed by atoms with van der Waals surface area (Å²) in [6.07, 6.45) is 6.08. The summed E-state index contributed by atoms with van der Waals surface area (Å²) in [6.45, 7) is -0.457. The topological polar surface area (TPSA) is 108 Å². The number of anilines is 1. The number of non-ortho nitro benzene ring substituents is 1. The van der Waals surface area contributed by atoms with Gasteiger partial charge in [-0.3, -0.25) is 19.7 Å². The van der Waals surface area contributed by atoms with E-state index in [1.54, 1.807) is 0 Å². The summed E-state index contributed by atoms with van der Waals surface area (Å²) in [6, 6.07) is 3.83. The number of rotatable bonds is 7. The molecular weight excluding hydrogens is 316 g/mol. The minimum Gasteiger partial charge on any atom is -0.495 e. The molecule has 0 fully saturated rings. The number of methoxy groups -OCH3 is 1. The first-order valence-corrected chi connectivity index (χ1v) is 7.44. The molecule has 1 N–H and O–H groups in total. The normalized spacial score (nSPS) is 15.8. The van der Waals surface area contributed by atoms with Gasteiger partial charge in [0.25, 0.3) is 11.6 Å². The second kappa shape index (κ2) is 8.09. The van der Waals surface area contributed by atoms with Crippen LogP contribution in [0.25, 0.3) is 0 Å². The average Bonchev–Trinajstić information content (AvgIpc) is 3.05. The number of amides is 1. The molecule has 0 saturated carbocycles. The molecular formula is C16H18N2O6. The molecule has 0 bridgehead atoms. The van der Waals surface area contributed by atoms with Crippen molar-refractivity contribution in [3.05, 3.63) is 40.5 Å². The molecule has 2 rings (SSSR count). The van der Waals surface area contributed by atoms with Crippen LogP contribution in [0.3, 0.4) is 0 Å². The van der Waals surface area contributed by atoms with Gasteiger partial charge in [0, 0.05) is 12.1 Å². The van der Waals surface area contributed by atoms with Gasteiger partial charge in [0.05, 0.1) is 24.1 Å². The van der Waals surface area contributed by atoms with Crippen molar-refractivity contribution in [3.63, 3.8) is 0 Å². The van der Waals surface area contributed by atoms with Crippen LogP contribution in [0, 0.1) is 16.0 Å². The second-order valence-electron chi connectivity index (χ2n) is 5.32. The van der Waals surface area contributed by atoms with Gasteiger partial charge < -0.3 is 14.8 Å². The summed E-state index contributed by atoms with van der Waals surface area (Å²) >= 11 is 0. The molecule has 1 aromatic carbocycles. The number of carbonyl (C=O) groups excluding carboxylic acids is 2. The summed E-state index contributed by atoms with van der Waals surface area (Å²) in [5.74, 6) is -0.606. The molecule has 1 amide bonds. The number of benzene rings is 1. The van der Waals surface area contributed by atoms with E-state index in [0.29, 0.717) is 0 Å². The summed E-state index contributed by atoms with van der Waals surface area (Å²) in [5, 5.41) is 13.2. The van der Waals surface area contributed by atoms with E-state index in [2.05, 4.69) is 5.32 Å². The smallest absolute Gasteiger partial charge is 0.306 e. The predicted molar refractivity (Wildman–Crippen MR) is 85.7 cm³/mol. The Bertz CT molecular complexity index is 671. The molecule has 1 atom stereocenters. The molecule has 24 heavy (non-hydrogen) atoms. The number of allylic oxidation sites excluding steroid dienone is 2. The molecule has 0 saturated heterocycles. The van der Waals surface area contributed by atoms with E-state index < -0.39 is 23.4 Å². The SMILES string of the molecule is COc1ccc([N+](=O)[O-])cc1NC(=O)COC(=O)C[C@@H]1C=CCC1. The van der Waals surface area contributed by atoms with E-state index in [1.165, 1.54) is 25.3 Å². The quantitative estimate of drug-likeness (QED) is 0.355. The molecule has 0 unspecified atom stereocenters. The highest BCUT2D eigenvalue weighted by atomic mass is 16.6. The van der Waals surface area contributed by atoms with Crippen LogP contribution in [0.2, 0.25) is 0 Å². The van der Waals surface area contributed by atoms with Crippen LogP contribution in [-0.4, -0.2) is 30.5 Å². The zero-order valence-corrected chi connectivity index (χ0v) is 13.2. The highest BCUT2D eigenvalue weighted by Gasteiger charge is 2.17. The number of nitro groups is 1. The molecule has 1 aliphatic carbocycles. The van der Waals surface area contributed by atoms with Crippen LogP contribution in [0.1, 0.15) is 19.3 Å². The van der Waals surface area contributed by atoms with Crippen LogP contribution in [0.4, 0.5) is 11.4 Å². The number of hydrogen-bond acceptors (Lipinski definition) is 6. The van der Waals surface area contributed by atoms with Gasteiger partial charge in [0.2, 0.25) is 0 Å². The number of hydrogen-bond donors (Lipinski definition) is 1. The Morgan fingerprint density at radius 3 is 2.83 bits per heavy atom. The fourth-order valence-corrected chi connectivity index (χ4v) is 2.38. The van der Waals surface area contributed by atoms with Crippen LogP contribution in [0.15, 0.2) is 30.4 Å². The third kappa shape index (κ3) is 4.80. The van der Waals surface area contributed by atoms with Crippen molar-refractivity contribution < 1.29 is 24.0 Å². The number of carbonyl (C=O) groups is 2. The lowest BCUT2D eigenvalue weighted by atomic mass is 10.1. The highest BCUT2D eigenvalue weighted by molar-refractivity contribution is 5.94. The highest BCUT2D eigenvalue weighted by Crippen LogP contribution is 2.28. The molecule has 0 heterocycles. The van der Waals surface area contributed by atoms with Crippen molar-refractivity contribution in [2.24, 2.45) is 5.92 Å². The third-order valence-corrected chi connectivity index (χ3v) is 3.57. The number of ether oxygens (including phenoxy) is 2. The van der Waals surface area contributed by atoms with Crippen molar-refractivity contribution in [2.75, 3.05) is 19.0 Å². The fourth-order valence-electron chi connectivity index (χ4n) is 2.38. The first-order valence-electron chi connectivity index (χ1n) is 7.44. The Hall–Kier alpha value is -2.90. The molecule has 0 aliphatic heterocycles.